The van der Waals surface area contributed by atoms with Gasteiger partial charge >= 0.3 is 0 Å². The maximum atomic E-state index is 5.81. The quantitative estimate of drug-likeness (QED) is 0.795. The first-order valence-corrected chi connectivity index (χ1v) is 4.91. The molecule has 1 aliphatic heterocycles. The zero-order chi connectivity index (χ0) is 9.80. The fourth-order valence-electron chi connectivity index (χ4n) is 1.56. The largest absolute Gasteiger partial charge is 0.486 e. The van der Waals surface area contributed by atoms with Crippen LogP contribution in [-0.2, 0) is 4.74 Å². The zero-order valence-electron chi connectivity index (χ0n) is 8.32. The Morgan fingerprint density at radius 1 is 1.43 bits per heavy atom. The van der Waals surface area contributed by atoms with E-state index >= 15 is 0 Å². The van der Waals surface area contributed by atoms with E-state index in [4.69, 9.17) is 9.47 Å². The van der Waals surface area contributed by atoms with Gasteiger partial charge < -0.3 is 14.8 Å². The summed E-state index contributed by atoms with van der Waals surface area (Å²) in [5.74, 6) is 0.908. The minimum atomic E-state index is 0.212. The van der Waals surface area contributed by atoms with Gasteiger partial charge in [-0.2, -0.15) is 0 Å². The maximum absolute atomic E-state index is 5.81. The summed E-state index contributed by atoms with van der Waals surface area (Å²) in [6.07, 6.45) is 1.20. The minimum Gasteiger partial charge on any atom is -0.486 e. The fourth-order valence-corrected chi connectivity index (χ4v) is 1.56. The SMILES string of the molecule is CNc1ccccc1OC1CCOC1. The molecule has 0 aliphatic carbocycles. The molecule has 1 heterocycles. The highest BCUT2D eigenvalue weighted by Gasteiger charge is 2.17. The molecule has 1 N–H and O–H groups in total. The molecule has 0 spiro atoms. The first kappa shape index (κ1) is 9.34. The number of rotatable bonds is 3. The van der Waals surface area contributed by atoms with Gasteiger partial charge in [0.25, 0.3) is 0 Å². The van der Waals surface area contributed by atoms with Gasteiger partial charge in [0.15, 0.2) is 0 Å². The molecule has 1 atom stereocenters. The Morgan fingerprint density at radius 3 is 3.00 bits per heavy atom. The molecule has 0 saturated carbocycles. The van der Waals surface area contributed by atoms with Crippen LogP contribution in [0.5, 0.6) is 5.75 Å². The number of benzene rings is 1. The molecule has 3 heteroatoms. The average molecular weight is 193 g/mol. The number of nitrogens with one attached hydrogen (secondary N) is 1. The zero-order valence-corrected chi connectivity index (χ0v) is 8.32. The summed E-state index contributed by atoms with van der Waals surface area (Å²) < 4.78 is 11.1. The lowest BCUT2D eigenvalue weighted by atomic mass is 10.2. The van der Waals surface area contributed by atoms with Crippen LogP contribution in [0.2, 0.25) is 0 Å². The number of hydrogen-bond acceptors (Lipinski definition) is 3. The standard InChI is InChI=1S/C11H15NO2/c1-12-10-4-2-3-5-11(10)14-9-6-7-13-8-9/h2-5,9,12H,6-8H2,1H3. The monoisotopic (exact) mass is 193 g/mol. The predicted molar refractivity (Wildman–Crippen MR) is 55.8 cm³/mol. The van der Waals surface area contributed by atoms with Crippen LogP contribution in [0.15, 0.2) is 24.3 Å². The van der Waals surface area contributed by atoms with Gasteiger partial charge in [0.05, 0.1) is 18.9 Å². The smallest absolute Gasteiger partial charge is 0.142 e. The molecule has 1 aromatic carbocycles. The van der Waals surface area contributed by atoms with Gasteiger partial charge in [0.2, 0.25) is 0 Å². The Morgan fingerprint density at radius 2 is 2.29 bits per heavy atom. The second-order valence-electron chi connectivity index (χ2n) is 3.35. The van der Waals surface area contributed by atoms with Gasteiger partial charge in [-0.1, -0.05) is 12.1 Å². The van der Waals surface area contributed by atoms with Crippen molar-refractivity contribution in [2.75, 3.05) is 25.6 Å². The van der Waals surface area contributed by atoms with Crippen molar-refractivity contribution in [1.29, 1.82) is 0 Å². The van der Waals surface area contributed by atoms with Crippen molar-refractivity contribution < 1.29 is 9.47 Å². The summed E-state index contributed by atoms with van der Waals surface area (Å²) >= 11 is 0. The van der Waals surface area contributed by atoms with Gasteiger partial charge in [0.1, 0.15) is 11.9 Å². The van der Waals surface area contributed by atoms with Gasteiger partial charge in [0, 0.05) is 13.5 Å². The van der Waals surface area contributed by atoms with E-state index in [1.165, 1.54) is 0 Å². The average Bonchev–Trinajstić information content (AvgIpc) is 2.71. The van der Waals surface area contributed by atoms with Crippen molar-refractivity contribution in [3.05, 3.63) is 24.3 Å². The highest BCUT2D eigenvalue weighted by molar-refractivity contribution is 5.55. The van der Waals surface area contributed by atoms with Crippen molar-refractivity contribution >= 4 is 5.69 Å². The summed E-state index contributed by atoms with van der Waals surface area (Å²) in [6.45, 7) is 1.52. The predicted octanol–water partition coefficient (Wildman–Crippen LogP) is 1.90. The van der Waals surface area contributed by atoms with E-state index in [9.17, 15) is 0 Å². The summed E-state index contributed by atoms with van der Waals surface area (Å²) in [5, 5.41) is 3.10. The van der Waals surface area contributed by atoms with Crippen LogP contribution in [0.4, 0.5) is 5.69 Å². The Labute approximate surface area is 84.0 Å². The first-order chi connectivity index (χ1) is 6.90. The molecule has 0 bridgehead atoms. The van der Waals surface area contributed by atoms with Crippen LogP contribution in [0.1, 0.15) is 6.42 Å². The lowest BCUT2D eigenvalue weighted by Crippen LogP contribution is -2.16. The number of ether oxygens (including phenoxy) is 2. The van der Waals surface area contributed by atoms with Crippen molar-refractivity contribution in [2.45, 2.75) is 12.5 Å². The molecule has 1 aliphatic rings. The van der Waals surface area contributed by atoms with Crippen LogP contribution in [0, 0.1) is 0 Å². The van der Waals surface area contributed by atoms with Crippen molar-refractivity contribution in [3.8, 4) is 5.75 Å². The van der Waals surface area contributed by atoms with Crippen LogP contribution in [0.25, 0.3) is 0 Å². The van der Waals surface area contributed by atoms with E-state index in [0.717, 1.165) is 24.5 Å². The second kappa shape index (κ2) is 4.33. The fraction of sp³-hybridized carbons (Fsp3) is 0.455. The van der Waals surface area contributed by atoms with Crippen LogP contribution < -0.4 is 10.1 Å². The molecular formula is C11H15NO2. The van der Waals surface area contributed by atoms with Crippen LogP contribution in [0.3, 0.4) is 0 Å². The third-order valence-corrected chi connectivity index (χ3v) is 2.34. The summed E-state index contributed by atoms with van der Waals surface area (Å²) in [7, 11) is 1.90. The Kier molecular flexibility index (Phi) is 2.89. The molecule has 76 valence electrons. The van der Waals surface area contributed by atoms with E-state index in [1.807, 2.05) is 31.3 Å². The molecular weight excluding hydrogens is 178 g/mol. The third kappa shape index (κ3) is 1.99. The first-order valence-electron chi connectivity index (χ1n) is 4.91. The maximum Gasteiger partial charge on any atom is 0.142 e. The van der Waals surface area contributed by atoms with E-state index in [2.05, 4.69) is 5.32 Å². The topological polar surface area (TPSA) is 30.5 Å². The lowest BCUT2D eigenvalue weighted by molar-refractivity contribution is 0.142. The molecule has 1 saturated heterocycles. The van der Waals surface area contributed by atoms with Gasteiger partial charge in [-0.05, 0) is 12.1 Å². The lowest BCUT2D eigenvalue weighted by Gasteiger charge is -2.14. The normalized spacial score (nSPS) is 20.8. The van der Waals surface area contributed by atoms with Crippen molar-refractivity contribution in [3.63, 3.8) is 0 Å². The van der Waals surface area contributed by atoms with E-state index in [0.29, 0.717) is 6.61 Å². The van der Waals surface area contributed by atoms with E-state index in [-0.39, 0.29) is 6.10 Å². The third-order valence-electron chi connectivity index (χ3n) is 2.34. The van der Waals surface area contributed by atoms with E-state index < -0.39 is 0 Å². The minimum absolute atomic E-state index is 0.212. The molecule has 0 radical (unpaired) electrons. The van der Waals surface area contributed by atoms with Crippen LogP contribution in [-0.4, -0.2) is 26.4 Å². The highest BCUT2D eigenvalue weighted by Crippen LogP contribution is 2.25. The Bertz CT molecular complexity index is 295. The van der Waals surface area contributed by atoms with Gasteiger partial charge in [-0.15, -0.1) is 0 Å². The molecule has 1 fully saturated rings. The second-order valence-corrected chi connectivity index (χ2v) is 3.35. The van der Waals surface area contributed by atoms with Gasteiger partial charge in [-0.25, -0.2) is 0 Å². The summed E-state index contributed by atoms with van der Waals surface area (Å²) in [5.41, 5.74) is 1.03. The summed E-state index contributed by atoms with van der Waals surface area (Å²) in [4.78, 5) is 0. The van der Waals surface area contributed by atoms with Crippen LogP contribution >= 0.6 is 0 Å². The Balaban J connectivity index is 2.07. The number of hydrogen-bond donors (Lipinski definition) is 1. The van der Waals surface area contributed by atoms with Crippen molar-refractivity contribution in [1.82, 2.24) is 0 Å². The Hall–Kier alpha value is -1.22. The molecule has 14 heavy (non-hydrogen) atoms. The number of anilines is 1. The summed E-state index contributed by atoms with van der Waals surface area (Å²) in [6, 6.07) is 7.95. The molecule has 3 nitrogen and oxygen atoms in total. The van der Waals surface area contributed by atoms with Crippen molar-refractivity contribution in [2.24, 2.45) is 0 Å². The molecule has 0 amide bonds. The molecule has 0 aromatic heterocycles. The molecule has 1 aromatic rings. The van der Waals surface area contributed by atoms with E-state index in [1.54, 1.807) is 0 Å². The number of para-hydroxylation sites is 2. The highest BCUT2D eigenvalue weighted by atomic mass is 16.5. The van der Waals surface area contributed by atoms with Gasteiger partial charge in [-0.3, -0.25) is 0 Å². The molecule has 2 rings (SSSR count). The molecule has 1 unspecified atom stereocenters.